The molecule has 0 radical (unpaired) electrons. The summed E-state index contributed by atoms with van der Waals surface area (Å²) < 4.78 is 10.4. The fraction of sp³-hybridized carbons (Fsp3) is 0.923. The van der Waals surface area contributed by atoms with Crippen LogP contribution in [0.3, 0.4) is 0 Å². The Hall–Kier alpha value is -0.393. The quantitative estimate of drug-likeness (QED) is 0.358. The summed E-state index contributed by atoms with van der Waals surface area (Å²) in [7, 11) is 0.454. The van der Waals surface area contributed by atoms with Gasteiger partial charge in [0.15, 0.2) is 8.32 Å². The number of hydrogen-bond donors (Lipinski definition) is 1. The molecule has 0 atom stereocenters. The van der Waals surface area contributed by atoms with Gasteiger partial charge in [-0.1, -0.05) is 6.42 Å². The third kappa shape index (κ3) is 10.7. The van der Waals surface area contributed by atoms with Gasteiger partial charge in [0.05, 0.1) is 6.61 Å². The molecule has 0 unspecified atom stereocenters. The molecule has 0 aromatic carbocycles. The zero-order valence-electron chi connectivity index (χ0n) is 12.4. The first-order valence-corrected chi connectivity index (χ1v) is 10.0. The van der Waals surface area contributed by atoms with Crippen LogP contribution in [0, 0.1) is 0 Å². The number of nitrogens with one attached hydrogen (secondary N) is 1. The van der Waals surface area contributed by atoms with E-state index in [2.05, 4.69) is 18.4 Å². The van der Waals surface area contributed by atoms with E-state index in [1.54, 1.807) is 0 Å². The fourth-order valence-electron chi connectivity index (χ4n) is 1.62. The molecule has 0 aliphatic rings. The van der Waals surface area contributed by atoms with Gasteiger partial charge < -0.3 is 14.5 Å². The maximum Gasteiger partial charge on any atom is 0.305 e. The average Bonchev–Trinajstić information content (AvgIpc) is 2.33. The Labute approximate surface area is 113 Å². The molecule has 0 saturated heterocycles. The molecule has 108 valence electrons. The van der Waals surface area contributed by atoms with Crippen molar-refractivity contribution in [2.45, 2.75) is 51.7 Å². The van der Waals surface area contributed by atoms with Crippen molar-refractivity contribution in [3.63, 3.8) is 0 Å². The van der Waals surface area contributed by atoms with Gasteiger partial charge in [0.25, 0.3) is 0 Å². The topological polar surface area (TPSA) is 47.6 Å². The molecule has 0 spiro atoms. The zero-order chi connectivity index (χ0) is 13.9. The summed E-state index contributed by atoms with van der Waals surface area (Å²) in [5.74, 6) is -0.0906. The van der Waals surface area contributed by atoms with Crippen LogP contribution in [0.15, 0.2) is 0 Å². The highest BCUT2D eigenvalue weighted by molar-refractivity contribution is 6.71. The lowest BCUT2D eigenvalue weighted by Crippen LogP contribution is -2.28. The van der Waals surface area contributed by atoms with E-state index in [4.69, 9.17) is 9.16 Å². The van der Waals surface area contributed by atoms with Crippen LogP contribution in [0.4, 0.5) is 0 Å². The lowest BCUT2D eigenvalue weighted by Gasteiger charge is -2.19. The van der Waals surface area contributed by atoms with Crippen molar-refractivity contribution in [1.82, 2.24) is 5.32 Å². The summed E-state index contributed by atoms with van der Waals surface area (Å²) in [6.45, 7) is 8.73. The summed E-state index contributed by atoms with van der Waals surface area (Å²) in [5.41, 5.74) is 0. The van der Waals surface area contributed by atoms with Crippen molar-refractivity contribution in [3.05, 3.63) is 0 Å². The van der Waals surface area contributed by atoms with Gasteiger partial charge in [-0.05, 0) is 52.0 Å². The Morgan fingerprint density at radius 1 is 1.17 bits per heavy atom. The first-order valence-electron chi connectivity index (χ1n) is 6.93. The molecule has 0 bridgehead atoms. The molecule has 0 saturated carbocycles. The molecule has 0 fully saturated rings. The molecular formula is C13H29NO3Si. The van der Waals surface area contributed by atoms with Gasteiger partial charge in [-0.2, -0.15) is 0 Å². The Morgan fingerprint density at radius 3 is 2.44 bits per heavy atom. The molecule has 0 amide bonds. The van der Waals surface area contributed by atoms with Crippen LogP contribution < -0.4 is 5.32 Å². The van der Waals surface area contributed by atoms with E-state index in [0.717, 1.165) is 19.5 Å². The first-order chi connectivity index (χ1) is 8.52. The Bertz CT molecular complexity index is 222. The minimum absolute atomic E-state index is 0.0906. The van der Waals surface area contributed by atoms with Gasteiger partial charge >= 0.3 is 5.97 Å². The third-order valence-electron chi connectivity index (χ3n) is 2.97. The molecule has 0 heterocycles. The van der Waals surface area contributed by atoms with Crippen LogP contribution >= 0.6 is 0 Å². The van der Waals surface area contributed by atoms with E-state index >= 15 is 0 Å². The number of unbranched alkanes of at least 4 members (excludes halogenated alkanes) is 1. The summed E-state index contributed by atoms with van der Waals surface area (Å²) in [5, 5.41) is 3.35. The highest BCUT2D eigenvalue weighted by atomic mass is 28.4. The molecule has 5 heteroatoms. The van der Waals surface area contributed by atoms with Gasteiger partial charge in [-0.25, -0.2) is 0 Å². The number of carbonyl (C=O) groups excluding carboxylic acids is 1. The molecule has 1 N–H and O–H groups in total. The molecule has 0 aliphatic carbocycles. The first kappa shape index (κ1) is 17.6. The van der Waals surface area contributed by atoms with Crippen molar-refractivity contribution >= 4 is 14.3 Å². The van der Waals surface area contributed by atoms with E-state index in [1.165, 1.54) is 18.9 Å². The van der Waals surface area contributed by atoms with E-state index in [0.29, 0.717) is 13.0 Å². The van der Waals surface area contributed by atoms with Gasteiger partial charge in [0.1, 0.15) is 0 Å². The zero-order valence-corrected chi connectivity index (χ0v) is 13.4. The van der Waals surface area contributed by atoms with Crippen molar-refractivity contribution < 1.29 is 14.0 Å². The second kappa shape index (κ2) is 10.5. The van der Waals surface area contributed by atoms with Gasteiger partial charge in [-0.3, -0.25) is 4.79 Å². The Kier molecular flexibility index (Phi) is 10.3. The largest absolute Gasteiger partial charge is 0.466 e. The van der Waals surface area contributed by atoms with Gasteiger partial charge in [-0.15, -0.1) is 0 Å². The number of carbonyl (C=O) groups is 1. The maximum atomic E-state index is 11.1. The standard InChI is InChI=1S/C13H29NO3Si/c1-5-17-13(15)9-8-11-14-10-6-7-12-18(3,4)16-2/h14H,5-12H2,1-4H3. The van der Waals surface area contributed by atoms with Crippen LogP contribution in [0.1, 0.15) is 32.6 Å². The molecule has 0 aliphatic heterocycles. The average molecular weight is 275 g/mol. The summed E-state index contributed by atoms with van der Waals surface area (Å²) in [4.78, 5) is 11.1. The second-order valence-corrected chi connectivity index (χ2v) is 9.51. The van der Waals surface area contributed by atoms with Crippen molar-refractivity contribution in [2.75, 3.05) is 26.8 Å². The Morgan fingerprint density at radius 2 is 1.83 bits per heavy atom. The number of rotatable bonds is 11. The maximum absolute atomic E-state index is 11.1. The number of esters is 1. The molecule has 0 rings (SSSR count). The monoisotopic (exact) mass is 275 g/mol. The fourth-order valence-corrected chi connectivity index (χ4v) is 2.92. The molecular weight excluding hydrogens is 246 g/mol. The molecule has 18 heavy (non-hydrogen) atoms. The SMILES string of the molecule is CCOC(=O)CCCNCCCC[Si](C)(C)OC. The van der Waals surface area contributed by atoms with Crippen LogP contribution in [0.25, 0.3) is 0 Å². The lowest BCUT2D eigenvalue weighted by atomic mass is 10.3. The molecule has 0 aromatic rings. The van der Waals surface area contributed by atoms with Crippen molar-refractivity contribution in [3.8, 4) is 0 Å². The van der Waals surface area contributed by atoms with E-state index in [9.17, 15) is 4.79 Å². The minimum Gasteiger partial charge on any atom is -0.466 e. The van der Waals surface area contributed by atoms with Gasteiger partial charge in [0.2, 0.25) is 0 Å². The van der Waals surface area contributed by atoms with E-state index in [-0.39, 0.29) is 5.97 Å². The molecule has 0 aromatic heterocycles. The van der Waals surface area contributed by atoms with Gasteiger partial charge in [0, 0.05) is 13.5 Å². The van der Waals surface area contributed by atoms with Crippen LogP contribution in [0.2, 0.25) is 19.1 Å². The van der Waals surface area contributed by atoms with Crippen LogP contribution in [-0.2, 0) is 14.0 Å². The van der Waals surface area contributed by atoms with E-state index in [1.807, 2.05) is 14.0 Å². The van der Waals surface area contributed by atoms with Crippen molar-refractivity contribution in [2.24, 2.45) is 0 Å². The second-order valence-electron chi connectivity index (χ2n) is 5.08. The predicted octanol–water partition coefficient (Wildman–Crippen LogP) is 2.55. The third-order valence-corrected chi connectivity index (χ3v) is 5.64. The normalized spacial score (nSPS) is 11.6. The smallest absolute Gasteiger partial charge is 0.305 e. The van der Waals surface area contributed by atoms with Crippen molar-refractivity contribution in [1.29, 1.82) is 0 Å². The number of hydrogen-bond acceptors (Lipinski definition) is 4. The number of ether oxygens (including phenoxy) is 1. The van der Waals surface area contributed by atoms with Crippen LogP contribution in [0.5, 0.6) is 0 Å². The summed E-state index contributed by atoms with van der Waals surface area (Å²) in [6, 6.07) is 1.22. The predicted molar refractivity (Wildman–Crippen MR) is 77.3 cm³/mol. The highest BCUT2D eigenvalue weighted by Crippen LogP contribution is 2.13. The highest BCUT2D eigenvalue weighted by Gasteiger charge is 2.18. The molecule has 4 nitrogen and oxygen atoms in total. The summed E-state index contributed by atoms with van der Waals surface area (Å²) >= 11 is 0. The van der Waals surface area contributed by atoms with E-state index < -0.39 is 8.32 Å². The lowest BCUT2D eigenvalue weighted by molar-refractivity contribution is -0.143. The summed E-state index contributed by atoms with van der Waals surface area (Å²) in [6.07, 6.45) is 3.78. The van der Waals surface area contributed by atoms with Crippen LogP contribution in [-0.4, -0.2) is 41.1 Å². The Balaban J connectivity index is 3.24. The minimum atomic E-state index is -1.37.